The van der Waals surface area contributed by atoms with Crippen molar-refractivity contribution in [3.05, 3.63) is 66.2 Å². The standard InChI is InChI=1S/C31H36N4O3S/c1-22-20-25(21-29-30(22)32-31(33(29)2)24-6-10-28(11-7-24)39(3,36)37)23-4-8-26(9-5-23)34-14-16-35(17-15-34)27-12-18-38-19-13-27/h4-11,20-21,27H,12-19H2,1-3H3. The quantitative estimate of drug-likeness (QED) is 0.355. The van der Waals surface area contributed by atoms with Crippen LogP contribution in [0.2, 0.25) is 0 Å². The van der Waals surface area contributed by atoms with Gasteiger partial charge in [-0.1, -0.05) is 12.1 Å². The molecule has 0 saturated carbocycles. The molecule has 1 aromatic heterocycles. The molecule has 39 heavy (non-hydrogen) atoms. The van der Waals surface area contributed by atoms with Gasteiger partial charge in [0.05, 0.1) is 15.9 Å². The van der Waals surface area contributed by atoms with E-state index in [4.69, 9.17) is 9.72 Å². The van der Waals surface area contributed by atoms with Crippen molar-refractivity contribution in [1.82, 2.24) is 14.5 Å². The highest BCUT2D eigenvalue weighted by molar-refractivity contribution is 7.90. The van der Waals surface area contributed by atoms with E-state index in [0.29, 0.717) is 10.9 Å². The molecule has 0 amide bonds. The molecule has 0 N–H and O–H groups in total. The lowest BCUT2D eigenvalue weighted by atomic mass is 10.0. The molecule has 2 fully saturated rings. The fraction of sp³-hybridized carbons (Fsp3) is 0.387. The average molecular weight is 545 g/mol. The zero-order chi connectivity index (χ0) is 27.1. The van der Waals surface area contributed by atoms with E-state index in [0.717, 1.165) is 85.8 Å². The number of rotatable bonds is 5. The van der Waals surface area contributed by atoms with E-state index in [1.54, 1.807) is 12.1 Å². The Bertz CT molecular complexity index is 1580. The summed E-state index contributed by atoms with van der Waals surface area (Å²) in [6.07, 6.45) is 3.54. The van der Waals surface area contributed by atoms with Crippen molar-refractivity contribution >= 4 is 26.6 Å². The number of anilines is 1. The van der Waals surface area contributed by atoms with Crippen molar-refractivity contribution in [1.29, 1.82) is 0 Å². The molecule has 0 unspecified atom stereocenters. The molecule has 3 heterocycles. The molecule has 2 saturated heterocycles. The number of imidazole rings is 1. The Morgan fingerprint density at radius 1 is 0.846 bits per heavy atom. The van der Waals surface area contributed by atoms with Gasteiger partial charge in [-0.25, -0.2) is 13.4 Å². The Labute approximate surface area is 230 Å². The number of fused-ring (bicyclic) bond motifs is 1. The maximum absolute atomic E-state index is 11.9. The number of sulfone groups is 1. The van der Waals surface area contributed by atoms with Crippen LogP contribution in [0, 0.1) is 6.92 Å². The van der Waals surface area contributed by atoms with Crippen LogP contribution in [0.4, 0.5) is 5.69 Å². The SMILES string of the molecule is Cc1cc(-c2ccc(N3CCN(C4CCOCC4)CC3)cc2)cc2c1nc(-c1ccc(S(C)(=O)=O)cc1)n2C. The normalized spacial score (nSPS) is 17.7. The van der Waals surface area contributed by atoms with Gasteiger partial charge in [-0.05, 0) is 85.0 Å². The summed E-state index contributed by atoms with van der Waals surface area (Å²) in [5.74, 6) is 0.820. The maximum Gasteiger partial charge on any atom is 0.175 e. The van der Waals surface area contributed by atoms with Crippen molar-refractivity contribution in [2.24, 2.45) is 7.05 Å². The van der Waals surface area contributed by atoms with Crippen molar-refractivity contribution in [3.8, 4) is 22.5 Å². The minimum atomic E-state index is -3.23. The van der Waals surface area contributed by atoms with Gasteiger partial charge in [0.2, 0.25) is 0 Å². The third kappa shape index (κ3) is 5.21. The number of hydrogen-bond donors (Lipinski definition) is 0. The molecule has 2 aliphatic rings. The fourth-order valence-corrected chi connectivity index (χ4v) is 6.62. The van der Waals surface area contributed by atoms with Gasteiger partial charge in [0.15, 0.2) is 9.84 Å². The smallest absolute Gasteiger partial charge is 0.175 e. The van der Waals surface area contributed by atoms with Gasteiger partial charge < -0.3 is 14.2 Å². The second-order valence-electron chi connectivity index (χ2n) is 10.9. The van der Waals surface area contributed by atoms with E-state index in [9.17, 15) is 8.42 Å². The molecule has 0 spiro atoms. The molecular formula is C31H36N4O3S. The van der Waals surface area contributed by atoms with Crippen LogP contribution in [0.5, 0.6) is 0 Å². The third-order valence-corrected chi connectivity index (χ3v) is 9.43. The first-order valence-corrected chi connectivity index (χ1v) is 15.6. The van der Waals surface area contributed by atoms with Gasteiger partial charge in [0.25, 0.3) is 0 Å². The summed E-state index contributed by atoms with van der Waals surface area (Å²) < 4.78 is 31.4. The Morgan fingerprint density at radius 2 is 1.49 bits per heavy atom. The number of aryl methyl sites for hydroxylation is 2. The van der Waals surface area contributed by atoms with E-state index < -0.39 is 9.84 Å². The highest BCUT2D eigenvalue weighted by atomic mass is 32.2. The first-order chi connectivity index (χ1) is 18.8. The molecule has 0 atom stereocenters. The molecule has 8 heteroatoms. The summed E-state index contributed by atoms with van der Waals surface area (Å²) in [7, 11) is -1.22. The second-order valence-corrected chi connectivity index (χ2v) is 12.9. The van der Waals surface area contributed by atoms with E-state index in [-0.39, 0.29) is 0 Å². The number of ether oxygens (including phenoxy) is 1. The Kier molecular flexibility index (Phi) is 6.95. The van der Waals surface area contributed by atoms with Gasteiger partial charge in [0, 0.05) is 70.0 Å². The van der Waals surface area contributed by atoms with Crippen LogP contribution in [0.3, 0.4) is 0 Å². The minimum absolute atomic E-state index is 0.313. The molecule has 4 aromatic rings. The largest absolute Gasteiger partial charge is 0.381 e. The molecular weight excluding hydrogens is 508 g/mol. The first kappa shape index (κ1) is 26.0. The first-order valence-electron chi connectivity index (χ1n) is 13.7. The lowest BCUT2D eigenvalue weighted by Crippen LogP contribution is -2.51. The monoisotopic (exact) mass is 544 g/mol. The van der Waals surface area contributed by atoms with Gasteiger partial charge >= 0.3 is 0 Å². The van der Waals surface area contributed by atoms with E-state index in [1.807, 2.05) is 19.2 Å². The average Bonchev–Trinajstić information content (AvgIpc) is 3.30. The van der Waals surface area contributed by atoms with Gasteiger partial charge in [0.1, 0.15) is 5.82 Å². The lowest BCUT2D eigenvalue weighted by Gasteiger charge is -2.41. The van der Waals surface area contributed by atoms with Crippen molar-refractivity contribution in [3.63, 3.8) is 0 Å². The van der Waals surface area contributed by atoms with Crippen LogP contribution in [-0.2, 0) is 21.6 Å². The van der Waals surface area contributed by atoms with Crippen LogP contribution in [0.1, 0.15) is 18.4 Å². The van der Waals surface area contributed by atoms with Gasteiger partial charge in [-0.2, -0.15) is 0 Å². The van der Waals surface area contributed by atoms with Crippen LogP contribution in [-0.4, -0.2) is 74.6 Å². The Morgan fingerprint density at radius 3 is 2.13 bits per heavy atom. The number of nitrogens with zero attached hydrogens (tertiary/aromatic N) is 4. The lowest BCUT2D eigenvalue weighted by molar-refractivity contribution is 0.0321. The van der Waals surface area contributed by atoms with Gasteiger partial charge in [-0.3, -0.25) is 4.90 Å². The van der Waals surface area contributed by atoms with Gasteiger partial charge in [-0.15, -0.1) is 0 Å². The number of benzene rings is 3. The Balaban J connectivity index is 1.21. The molecule has 0 bridgehead atoms. The number of hydrogen-bond acceptors (Lipinski definition) is 6. The molecule has 2 aliphatic heterocycles. The molecule has 6 rings (SSSR count). The topological polar surface area (TPSA) is 67.7 Å². The molecule has 0 aliphatic carbocycles. The van der Waals surface area contributed by atoms with Crippen LogP contribution < -0.4 is 4.90 Å². The van der Waals surface area contributed by atoms with E-state index in [1.165, 1.54) is 17.5 Å². The highest BCUT2D eigenvalue weighted by Crippen LogP contribution is 2.32. The Hall–Kier alpha value is -3.20. The number of piperazine rings is 1. The molecule has 3 aromatic carbocycles. The summed E-state index contributed by atoms with van der Waals surface area (Å²) in [4.78, 5) is 10.4. The summed E-state index contributed by atoms with van der Waals surface area (Å²) in [6.45, 7) is 8.24. The highest BCUT2D eigenvalue weighted by Gasteiger charge is 2.25. The predicted molar refractivity (Wildman–Crippen MR) is 157 cm³/mol. The van der Waals surface area contributed by atoms with Crippen LogP contribution >= 0.6 is 0 Å². The summed E-state index contributed by atoms with van der Waals surface area (Å²) >= 11 is 0. The van der Waals surface area contributed by atoms with Crippen LogP contribution in [0.15, 0.2) is 65.6 Å². The van der Waals surface area contributed by atoms with Crippen molar-refractivity contribution in [2.75, 3.05) is 50.5 Å². The number of aromatic nitrogens is 2. The van der Waals surface area contributed by atoms with Crippen LogP contribution in [0.25, 0.3) is 33.5 Å². The van der Waals surface area contributed by atoms with Crippen molar-refractivity contribution in [2.45, 2.75) is 30.7 Å². The zero-order valence-electron chi connectivity index (χ0n) is 22.9. The maximum atomic E-state index is 11.9. The van der Waals surface area contributed by atoms with E-state index in [2.05, 4.69) is 57.7 Å². The summed E-state index contributed by atoms with van der Waals surface area (Å²) in [5.41, 5.74) is 7.66. The second kappa shape index (κ2) is 10.4. The molecule has 7 nitrogen and oxygen atoms in total. The molecule has 0 radical (unpaired) electrons. The fourth-order valence-electron chi connectivity index (χ4n) is 5.99. The summed E-state index contributed by atoms with van der Waals surface area (Å²) in [6, 6.07) is 21.0. The van der Waals surface area contributed by atoms with Crippen molar-refractivity contribution < 1.29 is 13.2 Å². The summed E-state index contributed by atoms with van der Waals surface area (Å²) in [5, 5.41) is 0. The predicted octanol–water partition coefficient (Wildman–Crippen LogP) is 4.92. The zero-order valence-corrected chi connectivity index (χ0v) is 23.7. The third-order valence-electron chi connectivity index (χ3n) is 8.31. The van der Waals surface area contributed by atoms with E-state index >= 15 is 0 Å². The minimum Gasteiger partial charge on any atom is -0.381 e. The molecule has 204 valence electrons.